The summed E-state index contributed by atoms with van der Waals surface area (Å²) in [5.41, 5.74) is 17.6. The zero-order valence-corrected chi connectivity index (χ0v) is 22.5. The van der Waals surface area contributed by atoms with Crippen molar-refractivity contribution < 1.29 is 0 Å². The van der Waals surface area contributed by atoms with Crippen LogP contribution >= 0.6 is 0 Å². The van der Waals surface area contributed by atoms with Gasteiger partial charge in [-0.2, -0.15) is 0 Å². The highest BCUT2D eigenvalue weighted by Gasteiger charge is 2.09. The average Bonchev–Trinajstić information content (AvgIpc) is 2.79. The van der Waals surface area contributed by atoms with E-state index in [1.54, 1.807) is 0 Å². The summed E-state index contributed by atoms with van der Waals surface area (Å²) in [6.07, 6.45) is 10.8. The molecule has 31 heavy (non-hydrogen) atoms. The van der Waals surface area contributed by atoms with Crippen LogP contribution in [0.2, 0.25) is 0 Å². The molecule has 178 valence electrons. The predicted octanol–water partition coefficient (Wildman–Crippen LogP) is 8.84. The van der Waals surface area contributed by atoms with Gasteiger partial charge in [0.05, 0.1) is 0 Å². The molecule has 0 spiro atoms. The van der Waals surface area contributed by atoms with E-state index in [4.69, 9.17) is 5.73 Å². The number of nitrogens with two attached hydrogens (primary N) is 2. The van der Waals surface area contributed by atoms with Crippen molar-refractivity contribution in [2.75, 3.05) is 7.05 Å². The van der Waals surface area contributed by atoms with E-state index in [-0.39, 0.29) is 0 Å². The first kappa shape index (κ1) is 36.1. The molecule has 2 heteroatoms. The summed E-state index contributed by atoms with van der Waals surface area (Å²) in [4.78, 5) is 0. The molecular formula is C29H52N2. The predicted molar refractivity (Wildman–Crippen MR) is 149 cm³/mol. The summed E-state index contributed by atoms with van der Waals surface area (Å²) >= 11 is 0. The minimum absolute atomic E-state index is 0.593. The lowest BCUT2D eigenvalue weighted by Crippen LogP contribution is -1.98. The molecule has 0 saturated carbocycles. The van der Waals surface area contributed by atoms with Crippen LogP contribution in [0, 0.1) is 6.92 Å². The van der Waals surface area contributed by atoms with E-state index in [9.17, 15) is 0 Å². The molecule has 0 saturated heterocycles. The first-order valence-electron chi connectivity index (χ1n) is 11.6. The Bertz CT molecular complexity index is 672. The van der Waals surface area contributed by atoms with E-state index in [0.29, 0.717) is 5.70 Å². The van der Waals surface area contributed by atoms with E-state index >= 15 is 0 Å². The van der Waals surface area contributed by atoms with Gasteiger partial charge >= 0.3 is 0 Å². The second kappa shape index (κ2) is 25.7. The summed E-state index contributed by atoms with van der Waals surface area (Å²) in [5.74, 6) is 0. The van der Waals surface area contributed by atoms with E-state index in [1.807, 2.05) is 65.8 Å². The maximum Gasteiger partial charge on any atom is 0.0314 e. The fourth-order valence-corrected chi connectivity index (χ4v) is 2.32. The van der Waals surface area contributed by atoms with Gasteiger partial charge in [-0.05, 0) is 68.6 Å². The number of benzene rings is 1. The van der Waals surface area contributed by atoms with E-state index in [2.05, 4.69) is 64.8 Å². The van der Waals surface area contributed by atoms with Crippen LogP contribution in [0.3, 0.4) is 0 Å². The molecule has 0 fully saturated rings. The molecule has 1 rings (SSSR count). The maximum absolute atomic E-state index is 5.77. The van der Waals surface area contributed by atoms with Crippen LogP contribution in [0.25, 0.3) is 11.3 Å². The maximum atomic E-state index is 5.77. The zero-order valence-electron chi connectivity index (χ0n) is 22.5. The third-order valence-electron chi connectivity index (χ3n) is 3.84. The SMILES string of the molecule is C=C(C)\C(=C(C)/C=C\C=C/C)c1ccc(C(=C)N)cc1C.CC.CC.CCCC.CN. The van der Waals surface area contributed by atoms with Crippen molar-refractivity contribution in [3.8, 4) is 0 Å². The second-order valence-electron chi connectivity index (χ2n) is 6.28. The van der Waals surface area contributed by atoms with Crippen LogP contribution < -0.4 is 11.5 Å². The molecule has 0 amide bonds. The topological polar surface area (TPSA) is 52.0 Å². The summed E-state index contributed by atoms with van der Waals surface area (Å²) in [6, 6.07) is 6.18. The van der Waals surface area contributed by atoms with Crippen LogP contribution in [0.15, 0.2) is 66.8 Å². The lowest BCUT2D eigenvalue weighted by Gasteiger charge is -2.15. The fraction of sp³-hybridized carbons (Fsp3) is 0.448. The number of hydrogen-bond acceptors (Lipinski definition) is 2. The van der Waals surface area contributed by atoms with Crippen molar-refractivity contribution in [1.82, 2.24) is 0 Å². The molecule has 0 aliphatic carbocycles. The van der Waals surface area contributed by atoms with Gasteiger partial charge in [0.2, 0.25) is 0 Å². The fourth-order valence-electron chi connectivity index (χ4n) is 2.32. The van der Waals surface area contributed by atoms with E-state index in [0.717, 1.165) is 11.1 Å². The second-order valence-corrected chi connectivity index (χ2v) is 6.28. The van der Waals surface area contributed by atoms with Crippen molar-refractivity contribution in [2.45, 2.75) is 82.1 Å². The Morgan fingerprint density at radius 2 is 1.42 bits per heavy atom. The van der Waals surface area contributed by atoms with E-state index < -0.39 is 0 Å². The highest BCUT2D eigenvalue weighted by Crippen LogP contribution is 2.30. The van der Waals surface area contributed by atoms with Gasteiger partial charge in [-0.15, -0.1) is 0 Å². The van der Waals surface area contributed by atoms with Gasteiger partial charge in [-0.25, -0.2) is 0 Å². The number of allylic oxidation sites excluding steroid dienone is 7. The largest absolute Gasteiger partial charge is 0.399 e. The van der Waals surface area contributed by atoms with E-state index in [1.165, 1.54) is 42.2 Å². The Morgan fingerprint density at radius 3 is 1.74 bits per heavy atom. The van der Waals surface area contributed by atoms with Crippen molar-refractivity contribution in [3.63, 3.8) is 0 Å². The number of unbranched alkanes of at least 4 members (excludes halogenated alkanes) is 1. The van der Waals surface area contributed by atoms with Gasteiger partial charge in [0.15, 0.2) is 0 Å². The lowest BCUT2D eigenvalue weighted by atomic mass is 9.90. The monoisotopic (exact) mass is 428 g/mol. The van der Waals surface area contributed by atoms with Gasteiger partial charge in [0, 0.05) is 5.70 Å². The Balaban J connectivity index is -0.000000312. The van der Waals surface area contributed by atoms with Crippen molar-refractivity contribution in [1.29, 1.82) is 0 Å². The van der Waals surface area contributed by atoms with Crippen molar-refractivity contribution in [3.05, 3.63) is 83.5 Å². The smallest absolute Gasteiger partial charge is 0.0314 e. The number of rotatable bonds is 6. The number of aryl methyl sites for hydroxylation is 1. The third kappa shape index (κ3) is 17.1. The molecule has 0 heterocycles. The van der Waals surface area contributed by atoms with Crippen LogP contribution in [0.5, 0.6) is 0 Å². The molecule has 0 aliphatic rings. The summed E-state index contributed by atoms with van der Waals surface area (Å²) < 4.78 is 0. The van der Waals surface area contributed by atoms with Crippen molar-refractivity contribution >= 4 is 11.3 Å². The Labute approximate surface area is 195 Å². The molecule has 0 radical (unpaired) electrons. The summed E-state index contributed by atoms with van der Waals surface area (Å²) in [6.45, 7) is 28.5. The molecule has 4 N–H and O–H groups in total. The van der Waals surface area contributed by atoms with Gasteiger partial charge in [0.25, 0.3) is 0 Å². The normalized spacial score (nSPS) is 10.2. The molecular weight excluding hydrogens is 376 g/mol. The Kier molecular flexibility index (Phi) is 29.9. The van der Waals surface area contributed by atoms with Gasteiger partial charge in [-0.1, -0.05) is 110 Å². The summed E-state index contributed by atoms with van der Waals surface area (Å²) in [7, 11) is 1.50. The highest BCUT2D eigenvalue weighted by atomic mass is 14.6. The minimum atomic E-state index is 0.593. The molecule has 2 nitrogen and oxygen atoms in total. The van der Waals surface area contributed by atoms with Gasteiger partial charge in [-0.3, -0.25) is 0 Å². The third-order valence-corrected chi connectivity index (χ3v) is 3.84. The molecule has 0 aliphatic heterocycles. The zero-order chi connectivity index (χ0) is 25.4. The summed E-state index contributed by atoms with van der Waals surface area (Å²) in [5, 5.41) is 0. The van der Waals surface area contributed by atoms with Crippen LogP contribution in [0.4, 0.5) is 0 Å². The highest BCUT2D eigenvalue weighted by molar-refractivity contribution is 5.84. The Hall–Kier alpha value is -2.32. The van der Waals surface area contributed by atoms with Crippen LogP contribution in [-0.2, 0) is 0 Å². The van der Waals surface area contributed by atoms with Crippen LogP contribution in [0.1, 0.15) is 91.8 Å². The average molecular weight is 429 g/mol. The molecule has 0 aromatic heterocycles. The molecule has 0 bridgehead atoms. The number of hydrogen-bond donors (Lipinski definition) is 2. The van der Waals surface area contributed by atoms with Gasteiger partial charge < -0.3 is 11.5 Å². The first-order chi connectivity index (χ1) is 14.8. The first-order valence-corrected chi connectivity index (χ1v) is 11.6. The van der Waals surface area contributed by atoms with Crippen molar-refractivity contribution in [2.24, 2.45) is 11.5 Å². The molecule has 1 aromatic rings. The quantitative estimate of drug-likeness (QED) is 0.444. The standard InChI is InChI=1S/C20H25N.C4H10.2C2H6.CH5N/c1-7-8-9-10-15(4)20(14(2)3)19-12-11-18(17(6)21)13-16(19)5;1-3-4-2;3*1-2/h7-13H,2,6,21H2,1,3-5H3;3-4H2,1-2H3;2*1-2H3;2H2,1H3/b8-7-,10-9-,20-15+;;;;. The Morgan fingerprint density at radius 1 is 0.935 bits per heavy atom. The van der Waals surface area contributed by atoms with Gasteiger partial charge in [0.1, 0.15) is 0 Å². The minimum Gasteiger partial charge on any atom is -0.399 e. The lowest BCUT2D eigenvalue weighted by molar-refractivity contribution is 0.886. The van der Waals surface area contributed by atoms with Crippen LogP contribution in [-0.4, -0.2) is 7.05 Å². The molecule has 0 unspecified atom stereocenters. The molecule has 0 atom stereocenters. The molecule has 1 aromatic carbocycles.